The first-order valence-corrected chi connectivity index (χ1v) is 8.41. The van der Waals surface area contributed by atoms with Crippen molar-refractivity contribution in [3.05, 3.63) is 35.4 Å². The van der Waals surface area contributed by atoms with E-state index >= 15 is 0 Å². The van der Waals surface area contributed by atoms with Crippen LogP contribution in [0.1, 0.15) is 11.1 Å². The lowest BCUT2D eigenvalue weighted by Crippen LogP contribution is -2.64. The van der Waals surface area contributed by atoms with Crippen LogP contribution in [0.2, 0.25) is 0 Å². The van der Waals surface area contributed by atoms with E-state index in [0.29, 0.717) is 19.0 Å². The number of amides is 3. The molecule has 26 heavy (non-hydrogen) atoms. The van der Waals surface area contributed by atoms with E-state index in [1.807, 2.05) is 23.1 Å². The van der Waals surface area contributed by atoms with Gasteiger partial charge in [0.05, 0.1) is 0 Å². The minimum Gasteiger partial charge on any atom is -0.480 e. The monoisotopic (exact) mass is 357 g/mol. The van der Waals surface area contributed by atoms with Crippen molar-refractivity contribution in [2.75, 3.05) is 20.1 Å². The van der Waals surface area contributed by atoms with E-state index < -0.39 is 30.1 Å². The van der Waals surface area contributed by atoms with Crippen LogP contribution in [0.15, 0.2) is 29.3 Å². The minimum absolute atomic E-state index is 0.354. The van der Waals surface area contributed by atoms with Crippen molar-refractivity contribution in [1.29, 1.82) is 0 Å². The van der Waals surface area contributed by atoms with Crippen molar-refractivity contribution in [2.45, 2.75) is 25.2 Å². The zero-order valence-corrected chi connectivity index (χ0v) is 14.3. The second kappa shape index (κ2) is 6.01. The molecule has 0 aliphatic carbocycles. The van der Waals surface area contributed by atoms with Crippen LogP contribution in [0.5, 0.6) is 0 Å². The van der Waals surface area contributed by atoms with Crippen molar-refractivity contribution < 1.29 is 19.5 Å². The highest BCUT2D eigenvalue weighted by Crippen LogP contribution is 2.28. The van der Waals surface area contributed by atoms with Gasteiger partial charge in [0.25, 0.3) is 5.91 Å². The van der Waals surface area contributed by atoms with Crippen LogP contribution >= 0.6 is 0 Å². The molecule has 2 atom stereocenters. The zero-order valence-electron chi connectivity index (χ0n) is 14.3. The maximum absolute atomic E-state index is 12.4. The average Bonchev–Trinajstić information content (AvgIpc) is 2.98. The normalized spacial score (nSPS) is 24.8. The lowest BCUT2D eigenvalue weighted by Gasteiger charge is -2.38. The predicted octanol–water partition coefficient (Wildman–Crippen LogP) is -0.323. The lowest BCUT2D eigenvalue weighted by atomic mass is 10.0. The van der Waals surface area contributed by atoms with Crippen molar-refractivity contribution in [2.24, 2.45) is 4.99 Å². The van der Waals surface area contributed by atoms with Crippen LogP contribution in [-0.2, 0) is 22.6 Å². The number of fused-ring (bicyclic) bond motifs is 2. The fourth-order valence-corrected chi connectivity index (χ4v) is 3.76. The van der Waals surface area contributed by atoms with Gasteiger partial charge in [-0.25, -0.2) is 9.79 Å². The molecule has 0 bridgehead atoms. The smallest absolute Gasteiger partial charge is 0.325 e. The van der Waals surface area contributed by atoms with Gasteiger partial charge in [-0.3, -0.25) is 14.9 Å². The number of likely N-dealkylation sites (N-methyl/N-ethyl adjacent to an activating group) is 1. The molecular formula is C17H19N5O4. The molecule has 136 valence electrons. The molecular weight excluding hydrogens is 338 g/mol. The first-order valence-electron chi connectivity index (χ1n) is 8.41. The molecule has 0 saturated carbocycles. The molecule has 4 rings (SSSR count). The molecule has 0 spiro atoms. The topological polar surface area (TPSA) is 106 Å². The highest BCUT2D eigenvalue weighted by Gasteiger charge is 2.50. The van der Waals surface area contributed by atoms with Crippen LogP contribution in [0.25, 0.3) is 0 Å². The Morgan fingerprint density at radius 2 is 2.04 bits per heavy atom. The third-order valence-electron chi connectivity index (χ3n) is 5.06. The summed E-state index contributed by atoms with van der Waals surface area (Å²) < 4.78 is 0. The Morgan fingerprint density at radius 1 is 1.31 bits per heavy atom. The number of nitrogens with zero attached hydrogens (tertiary/aromatic N) is 4. The maximum atomic E-state index is 12.4. The summed E-state index contributed by atoms with van der Waals surface area (Å²) in [5.74, 6) is -1.12. The van der Waals surface area contributed by atoms with Crippen LogP contribution in [0.4, 0.5) is 4.79 Å². The van der Waals surface area contributed by atoms with Gasteiger partial charge < -0.3 is 19.8 Å². The Bertz CT molecular complexity index is 823. The molecule has 1 aromatic rings. The number of aliphatic carboxylic acids is 1. The highest BCUT2D eigenvalue weighted by molar-refractivity contribution is 6.04. The van der Waals surface area contributed by atoms with Gasteiger partial charge in [0, 0.05) is 20.1 Å². The summed E-state index contributed by atoms with van der Waals surface area (Å²) in [6.45, 7) is 0.905. The Kier molecular flexibility index (Phi) is 3.78. The van der Waals surface area contributed by atoms with Gasteiger partial charge in [-0.15, -0.1) is 0 Å². The number of aliphatic imine (C=N–C) groups is 1. The third-order valence-corrected chi connectivity index (χ3v) is 5.06. The number of guanidine groups is 1. The first-order chi connectivity index (χ1) is 12.5. The number of hydrogen-bond donors (Lipinski definition) is 2. The number of carbonyl (C=O) groups is 3. The molecule has 0 radical (unpaired) electrons. The van der Waals surface area contributed by atoms with Crippen molar-refractivity contribution in [1.82, 2.24) is 20.0 Å². The second-order valence-electron chi connectivity index (χ2n) is 6.65. The minimum atomic E-state index is -1.05. The van der Waals surface area contributed by atoms with E-state index in [4.69, 9.17) is 0 Å². The standard InChI is InChI=1S/C17H19N5O4/c1-20-14-13(15(25)19-17(20)26)22(9-12(23)24)16(18-14)21-7-6-10-4-2-3-5-11(10)8-21/h2-5,13-14H,6-9H2,1H3,(H,23,24)(H,19,25,26). The molecule has 2 N–H and O–H groups in total. The van der Waals surface area contributed by atoms with E-state index in [9.17, 15) is 19.5 Å². The molecule has 9 nitrogen and oxygen atoms in total. The number of carboxylic acids is 1. The molecule has 1 aromatic carbocycles. The van der Waals surface area contributed by atoms with E-state index in [0.717, 1.165) is 12.0 Å². The van der Waals surface area contributed by atoms with E-state index in [1.165, 1.54) is 15.4 Å². The number of urea groups is 1. The Hall–Kier alpha value is -3.10. The molecule has 0 aromatic heterocycles. The maximum Gasteiger partial charge on any atom is 0.325 e. The summed E-state index contributed by atoms with van der Waals surface area (Å²) in [7, 11) is 1.55. The molecule has 3 aliphatic heterocycles. The number of rotatable bonds is 2. The average molecular weight is 357 g/mol. The van der Waals surface area contributed by atoms with Gasteiger partial charge in [0.15, 0.2) is 18.2 Å². The Morgan fingerprint density at radius 3 is 2.77 bits per heavy atom. The highest BCUT2D eigenvalue weighted by atomic mass is 16.4. The van der Waals surface area contributed by atoms with E-state index in [1.54, 1.807) is 7.05 Å². The largest absolute Gasteiger partial charge is 0.480 e. The second-order valence-corrected chi connectivity index (χ2v) is 6.65. The molecule has 1 saturated heterocycles. The van der Waals surface area contributed by atoms with Crippen molar-refractivity contribution in [3.63, 3.8) is 0 Å². The summed E-state index contributed by atoms with van der Waals surface area (Å²) in [6, 6.07) is 6.72. The molecule has 3 heterocycles. The van der Waals surface area contributed by atoms with Gasteiger partial charge in [-0.2, -0.15) is 0 Å². The predicted molar refractivity (Wildman–Crippen MR) is 91.2 cm³/mol. The van der Waals surface area contributed by atoms with Gasteiger partial charge in [-0.05, 0) is 17.5 Å². The summed E-state index contributed by atoms with van der Waals surface area (Å²) >= 11 is 0. The van der Waals surface area contributed by atoms with Gasteiger partial charge in [0.1, 0.15) is 6.54 Å². The summed E-state index contributed by atoms with van der Waals surface area (Å²) in [5.41, 5.74) is 2.41. The fraction of sp³-hybridized carbons (Fsp3) is 0.412. The summed E-state index contributed by atoms with van der Waals surface area (Å²) in [4.78, 5) is 45.0. The van der Waals surface area contributed by atoms with Crippen LogP contribution in [-0.4, -0.2) is 76.0 Å². The number of carbonyl (C=O) groups excluding carboxylic acids is 2. The first kappa shape index (κ1) is 16.4. The van der Waals surface area contributed by atoms with Gasteiger partial charge in [0.2, 0.25) is 0 Å². The molecule has 2 unspecified atom stereocenters. The summed E-state index contributed by atoms with van der Waals surface area (Å²) in [6.07, 6.45) is 0.0923. The SMILES string of the molecule is CN1C(=O)NC(=O)C2C1N=C(N1CCc3ccccc3C1)N2CC(=O)O. The number of nitrogens with one attached hydrogen (secondary N) is 1. The lowest BCUT2D eigenvalue weighted by molar-refractivity contribution is -0.138. The number of imide groups is 1. The molecule has 3 amide bonds. The summed E-state index contributed by atoms with van der Waals surface area (Å²) in [5, 5.41) is 11.6. The van der Waals surface area contributed by atoms with Gasteiger partial charge >= 0.3 is 12.0 Å². The Labute approximate surface area is 149 Å². The molecule has 9 heteroatoms. The van der Waals surface area contributed by atoms with Crippen LogP contribution < -0.4 is 5.32 Å². The van der Waals surface area contributed by atoms with E-state index in [-0.39, 0.29) is 6.54 Å². The van der Waals surface area contributed by atoms with Gasteiger partial charge in [-0.1, -0.05) is 24.3 Å². The van der Waals surface area contributed by atoms with E-state index in [2.05, 4.69) is 16.4 Å². The zero-order chi connectivity index (χ0) is 18.4. The number of benzene rings is 1. The third kappa shape index (κ3) is 2.56. The molecule has 1 fully saturated rings. The number of hydrogen-bond acceptors (Lipinski definition) is 6. The fourth-order valence-electron chi connectivity index (χ4n) is 3.76. The van der Waals surface area contributed by atoms with Crippen molar-refractivity contribution >= 4 is 23.9 Å². The quantitative estimate of drug-likeness (QED) is 0.751. The van der Waals surface area contributed by atoms with Crippen molar-refractivity contribution in [3.8, 4) is 0 Å². The van der Waals surface area contributed by atoms with Crippen LogP contribution in [0, 0.1) is 0 Å². The number of carboxylic acid groups (broad SMARTS) is 1. The Balaban J connectivity index is 1.68. The van der Waals surface area contributed by atoms with Crippen LogP contribution in [0.3, 0.4) is 0 Å². The molecule has 3 aliphatic rings.